The highest BCUT2D eigenvalue weighted by molar-refractivity contribution is 6.30. The van der Waals surface area contributed by atoms with Gasteiger partial charge in [-0.05, 0) is 54.2 Å². The van der Waals surface area contributed by atoms with Crippen LogP contribution in [-0.4, -0.2) is 28.6 Å². The number of aliphatic hydroxyl groups is 2. The number of aliphatic hydroxyl groups excluding tert-OH is 1. The van der Waals surface area contributed by atoms with E-state index in [-0.39, 0.29) is 0 Å². The van der Waals surface area contributed by atoms with Crippen molar-refractivity contribution >= 4 is 17.2 Å². The van der Waals surface area contributed by atoms with Crippen molar-refractivity contribution in [3.8, 4) is 0 Å². The molecule has 0 saturated carbocycles. The van der Waals surface area contributed by atoms with Crippen molar-refractivity contribution in [1.82, 2.24) is 5.32 Å². The van der Waals surface area contributed by atoms with Gasteiger partial charge in [0.05, 0.1) is 6.10 Å². The van der Waals surface area contributed by atoms with Crippen LogP contribution in [0, 0.1) is 0 Å². The molecule has 0 amide bonds. The van der Waals surface area contributed by atoms with Crippen molar-refractivity contribution in [2.24, 2.45) is 0 Å². The lowest BCUT2D eigenvalue weighted by Gasteiger charge is -2.39. The first kappa shape index (κ1) is 18.2. The number of benzene rings is 2. The number of rotatable bonds is 4. The van der Waals surface area contributed by atoms with Crippen LogP contribution in [-0.2, 0) is 6.42 Å². The Hall–Kier alpha value is -1.65. The Morgan fingerprint density at radius 3 is 2.48 bits per heavy atom. The van der Waals surface area contributed by atoms with Gasteiger partial charge in [-0.25, -0.2) is 0 Å². The van der Waals surface area contributed by atoms with Crippen molar-refractivity contribution in [3.05, 3.63) is 76.3 Å². The lowest BCUT2D eigenvalue weighted by molar-refractivity contribution is -0.0358. The zero-order valence-electron chi connectivity index (χ0n) is 14.4. The zero-order chi connectivity index (χ0) is 17.9. The molecule has 2 aromatic rings. The van der Waals surface area contributed by atoms with Gasteiger partial charge in [0.25, 0.3) is 0 Å². The summed E-state index contributed by atoms with van der Waals surface area (Å²) in [6.45, 7) is 2.60. The molecule has 1 fully saturated rings. The van der Waals surface area contributed by atoms with E-state index in [4.69, 9.17) is 11.6 Å². The van der Waals surface area contributed by atoms with Gasteiger partial charge in [-0.15, -0.1) is 0 Å². The van der Waals surface area contributed by atoms with E-state index in [0.717, 1.165) is 22.3 Å². The SMILES string of the molecule is C/C(=C(/Cc1ccccc1)C1(O)CC(O)CCN1)c1ccc(Cl)cc1. The Bertz CT molecular complexity index is 742. The molecule has 0 aromatic heterocycles. The summed E-state index contributed by atoms with van der Waals surface area (Å²) in [5, 5.41) is 25.3. The van der Waals surface area contributed by atoms with E-state index < -0.39 is 11.8 Å². The minimum Gasteiger partial charge on any atom is -0.393 e. The molecule has 2 atom stereocenters. The highest BCUT2D eigenvalue weighted by Gasteiger charge is 2.37. The molecule has 0 aliphatic carbocycles. The Kier molecular flexibility index (Phi) is 5.60. The van der Waals surface area contributed by atoms with Gasteiger partial charge >= 0.3 is 0 Å². The first-order valence-electron chi connectivity index (χ1n) is 8.63. The van der Waals surface area contributed by atoms with E-state index in [2.05, 4.69) is 17.4 Å². The molecule has 1 heterocycles. The predicted octanol–water partition coefficient (Wildman–Crippen LogP) is 3.79. The fraction of sp³-hybridized carbons (Fsp3) is 0.333. The second-order valence-electron chi connectivity index (χ2n) is 6.71. The topological polar surface area (TPSA) is 52.5 Å². The largest absolute Gasteiger partial charge is 0.393 e. The van der Waals surface area contributed by atoms with E-state index in [9.17, 15) is 10.2 Å². The molecule has 0 bridgehead atoms. The number of piperidine rings is 1. The zero-order valence-corrected chi connectivity index (χ0v) is 15.1. The molecule has 132 valence electrons. The van der Waals surface area contributed by atoms with Crippen LogP contribution in [0.3, 0.4) is 0 Å². The minimum atomic E-state index is -1.21. The van der Waals surface area contributed by atoms with Crippen LogP contribution >= 0.6 is 11.6 Å². The number of nitrogens with one attached hydrogen (secondary N) is 1. The van der Waals surface area contributed by atoms with Crippen molar-refractivity contribution in [2.45, 2.75) is 38.0 Å². The van der Waals surface area contributed by atoms with Crippen molar-refractivity contribution in [1.29, 1.82) is 0 Å². The molecule has 3 N–H and O–H groups in total. The maximum Gasteiger partial charge on any atom is 0.141 e. The molecule has 1 saturated heterocycles. The molecule has 0 radical (unpaired) electrons. The lowest BCUT2D eigenvalue weighted by Crippen LogP contribution is -2.54. The molecular formula is C21H24ClNO2. The fourth-order valence-corrected chi connectivity index (χ4v) is 3.58. The number of halogens is 1. The van der Waals surface area contributed by atoms with Gasteiger partial charge in [0.1, 0.15) is 5.72 Å². The molecular weight excluding hydrogens is 334 g/mol. The Balaban J connectivity index is 2.04. The second kappa shape index (κ2) is 7.71. The Labute approximate surface area is 154 Å². The number of allylic oxidation sites excluding steroid dienone is 1. The highest BCUT2D eigenvalue weighted by atomic mass is 35.5. The van der Waals surface area contributed by atoms with Crippen molar-refractivity contribution in [3.63, 3.8) is 0 Å². The molecule has 1 aliphatic rings. The fourth-order valence-electron chi connectivity index (χ4n) is 3.45. The normalized spacial score (nSPS) is 24.7. The molecule has 3 rings (SSSR count). The maximum absolute atomic E-state index is 11.3. The molecule has 0 spiro atoms. The van der Waals surface area contributed by atoms with Gasteiger partial charge < -0.3 is 10.2 Å². The van der Waals surface area contributed by atoms with Gasteiger partial charge in [0.2, 0.25) is 0 Å². The second-order valence-corrected chi connectivity index (χ2v) is 7.14. The third-order valence-corrected chi connectivity index (χ3v) is 5.13. The van der Waals surface area contributed by atoms with E-state index in [0.29, 0.717) is 30.8 Å². The Morgan fingerprint density at radius 2 is 1.84 bits per heavy atom. The van der Waals surface area contributed by atoms with Crippen LogP contribution in [0.1, 0.15) is 30.9 Å². The van der Waals surface area contributed by atoms with Gasteiger partial charge in [0, 0.05) is 18.0 Å². The van der Waals surface area contributed by atoms with Crippen molar-refractivity contribution < 1.29 is 10.2 Å². The summed E-state index contributed by atoms with van der Waals surface area (Å²) in [7, 11) is 0. The number of hydrogen-bond donors (Lipinski definition) is 3. The summed E-state index contributed by atoms with van der Waals surface area (Å²) in [6.07, 6.45) is 1.06. The van der Waals surface area contributed by atoms with Crippen LogP contribution < -0.4 is 5.32 Å². The highest BCUT2D eigenvalue weighted by Crippen LogP contribution is 2.33. The summed E-state index contributed by atoms with van der Waals surface area (Å²) >= 11 is 6.01. The summed E-state index contributed by atoms with van der Waals surface area (Å²) in [6, 6.07) is 17.7. The van der Waals surface area contributed by atoms with Gasteiger partial charge in [-0.3, -0.25) is 5.32 Å². The smallest absolute Gasteiger partial charge is 0.141 e. The summed E-state index contributed by atoms with van der Waals surface area (Å²) in [5.41, 5.74) is 2.83. The van der Waals surface area contributed by atoms with Crippen LogP contribution in [0.2, 0.25) is 5.02 Å². The number of hydrogen-bond acceptors (Lipinski definition) is 3. The monoisotopic (exact) mass is 357 g/mol. The minimum absolute atomic E-state index is 0.292. The summed E-state index contributed by atoms with van der Waals surface area (Å²) < 4.78 is 0. The quantitative estimate of drug-likeness (QED) is 0.780. The molecule has 1 aliphatic heterocycles. The lowest BCUT2D eigenvalue weighted by atomic mass is 9.83. The first-order chi connectivity index (χ1) is 12.0. The summed E-state index contributed by atoms with van der Waals surface area (Å²) in [4.78, 5) is 0. The summed E-state index contributed by atoms with van der Waals surface area (Å²) in [5.74, 6) is 0. The van der Waals surface area contributed by atoms with Gasteiger partial charge in [-0.1, -0.05) is 54.1 Å². The molecule has 2 unspecified atom stereocenters. The van der Waals surface area contributed by atoms with E-state index >= 15 is 0 Å². The third-order valence-electron chi connectivity index (χ3n) is 4.88. The van der Waals surface area contributed by atoms with Crippen LogP contribution in [0.15, 0.2) is 60.2 Å². The van der Waals surface area contributed by atoms with E-state index in [1.165, 1.54) is 0 Å². The average molecular weight is 358 g/mol. The Morgan fingerprint density at radius 1 is 1.16 bits per heavy atom. The van der Waals surface area contributed by atoms with E-state index in [1.807, 2.05) is 49.4 Å². The average Bonchev–Trinajstić information content (AvgIpc) is 2.60. The maximum atomic E-state index is 11.3. The molecule has 3 nitrogen and oxygen atoms in total. The standard InChI is InChI=1S/C21H24ClNO2/c1-15(17-7-9-18(22)10-8-17)20(13-16-5-3-2-4-6-16)21(25)14-19(24)11-12-23-21/h2-10,19,23-25H,11-14H2,1H3/b20-15+. The first-order valence-corrected chi connectivity index (χ1v) is 9.01. The van der Waals surface area contributed by atoms with Gasteiger partial charge in [-0.2, -0.15) is 0 Å². The van der Waals surface area contributed by atoms with Gasteiger partial charge in [0.15, 0.2) is 0 Å². The van der Waals surface area contributed by atoms with E-state index in [1.54, 1.807) is 0 Å². The molecule has 25 heavy (non-hydrogen) atoms. The molecule has 4 heteroatoms. The third kappa shape index (κ3) is 4.31. The molecule has 2 aromatic carbocycles. The van der Waals surface area contributed by atoms with Crippen LogP contribution in [0.25, 0.3) is 5.57 Å². The van der Waals surface area contributed by atoms with Crippen LogP contribution in [0.5, 0.6) is 0 Å². The van der Waals surface area contributed by atoms with Crippen molar-refractivity contribution in [2.75, 3.05) is 6.54 Å². The predicted molar refractivity (Wildman–Crippen MR) is 102 cm³/mol. The van der Waals surface area contributed by atoms with Crippen LogP contribution in [0.4, 0.5) is 0 Å².